The van der Waals surface area contributed by atoms with Gasteiger partial charge in [0, 0.05) is 11.0 Å². The van der Waals surface area contributed by atoms with Gasteiger partial charge < -0.3 is 14.6 Å². The molecule has 0 fully saturated rings. The van der Waals surface area contributed by atoms with Gasteiger partial charge in [0.2, 0.25) is 8.77 Å². The van der Waals surface area contributed by atoms with Crippen LogP contribution in [-0.4, -0.2) is 44.1 Å². The van der Waals surface area contributed by atoms with Crippen LogP contribution in [0.4, 0.5) is 0 Å². The zero-order valence-electron chi connectivity index (χ0n) is 11.0. The Morgan fingerprint density at radius 3 is 2.20 bits per heavy atom. The quantitative estimate of drug-likeness (QED) is 0.455. The smallest absolute Gasteiger partial charge is 0.304 e. The van der Waals surface area contributed by atoms with Gasteiger partial charge in [-0.05, 0) is 59.9 Å². The van der Waals surface area contributed by atoms with E-state index in [1.807, 2.05) is 13.8 Å². The second kappa shape index (κ2) is 13.3. The van der Waals surface area contributed by atoms with Crippen LogP contribution in [0.15, 0.2) is 0 Å². The molecule has 0 rings (SSSR count). The molecule has 1 unspecified atom stereocenters. The van der Waals surface area contributed by atoms with Crippen molar-refractivity contribution in [3.8, 4) is 0 Å². The lowest BCUT2D eigenvalue weighted by molar-refractivity contribution is -0.136. The van der Waals surface area contributed by atoms with Gasteiger partial charge in [-0.2, -0.15) is 0 Å². The zero-order chi connectivity index (χ0) is 15.4. The van der Waals surface area contributed by atoms with E-state index in [2.05, 4.69) is 0 Å². The second-order valence-corrected chi connectivity index (χ2v) is 9.18. The normalized spacial score (nSPS) is 11.7. The fraction of sp³-hybridized carbons (Fsp3) is 0.700. The number of aliphatic carboxylic acids is 1. The maximum absolute atomic E-state index is 10.8. The summed E-state index contributed by atoms with van der Waals surface area (Å²) in [6.45, 7) is 4.78. The number of hydrogen-bond donors (Lipinski definition) is 1. The fourth-order valence-corrected chi connectivity index (χ4v) is 6.39. The number of carboxylic acid groups (broad SMARTS) is 1. The molecule has 116 valence electrons. The van der Waals surface area contributed by atoms with Gasteiger partial charge in [-0.15, -0.1) is 0 Å². The maximum atomic E-state index is 10.8. The Labute approximate surface area is 145 Å². The summed E-state index contributed by atoms with van der Waals surface area (Å²) in [5.74, 6) is -0.195. The summed E-state index contributed by atoms with van der Waals surface area (Å²) in [7, 11) is 5.54. The fourth-order valence-electron chi connectivity index (χ4n) is 0.865. The molecule has 0 aliphatic carbocycles. The number of ether oxygens (including phenoxy) is 2. The van der Waals surface area contributed by atoms with Gasteiger partial charge in [-0.1, -0.05) is 21.6 Å². The molecule has 0 radical (unpaired) electrons. The summed E-state index contributed by atoms with van der Waals surface area (Å²) in [5.41, 5.74) is 0. The molecule has 0 spiro atoms. The predicted octanol–water partition coefficient (Wildman–Crippen LogP) is 4.24. The van der Waals surface area contributed by atoms with Crippen LogP contribution in [0.1, 0.15) is 20.3 Å². The topological polar surface area (TPSA) is 55.8 Å². The van der Waals surface area contributed by atoms with Crippen molar-refractivity contribution in [2.45, 2.75) is 25.5 Å². The van der Waals surface area contributed by atoms with Crippen molar-refractivity contribution in [2.75, 3.05) is 19.0 Å². The first kappa shape index (κ1) is 20.6. The van der Waals surface area contributed by atoms with Crippen LogP contribution in [-0.2, 0) is 14.3 Å². The molecular weight excluding hydrogens is 377 g/mol. The van der Waals surface area contributed by atoms with E-state index in [4.69, 9.17) is 39.0 Å². The van der Waals surface area contributed by atoms with E-state index in [0.717, 1.165) is 0 Å². The van der Waals surface area contributed by atoms with Crippen molar-refractivity contribution in [2.24, 2.45) is 0 Å². The Morgan fingerprint density at radius 2 is 1.70 bits per heavy atom. The van der Waals surface area contributed by atoms with Gasteiger partial charge in [0.15, 0.2) is 0 Å². The third-order valence-electron chi connectivity index (χ3n) is 1.56. The van der Waals surface area contributed by atoms with Crippen LogP contribution < -0.4 is 0 Å². The number of thiocarbonyl (C=S) groups is 2. The van der Waals surface area contributed by atoms with Crippen LogP contribution >= 0.6 is 67.6 Å². The summed E-state index contributed by atoms with van der Waals surface area (Å²) in [4.78, 5) is 10.8. The largest absolute Gasteiger partial charge is 0.481 e. The molecule has 0 heterocycles. The third kappa shape index (κ3) is 12.4. The van der Waals surface area contributed by atoms with Gasteiger partial charge in [0.25, 0.3) is 0 Å². The standard InChI is InChI=1S/C10H16O4S6/c1-3-13-9(15)19-17-6-7(5-8(11)12)18-20-10(16)14-4-2/h7H,3-6H2,1-2H3,(H,11,12). The van der Waals surface area contributed by atoms with Crippen LogP contribution in [0.3, 0.4) is 0 Å². The van der Waals surface area contributed by atoms with E-state index in [1.165, 1.54) is 43.2 Å². The Hall–Kier alpha value is 0.650. The molecule has 1 atom stereocenters. The molecule has 10 heteroatoms. The van der Waals surface area contributed by atoms with Gasteiger partial charge in [-0.3, -0.25) is 4.79 Å². The number of rotatable bonds is 9. The van der Waals surface area contributed by atoms with Crippen molar-refractivity contribution < 1.29 is 19.4 Å². The molecule has 0 bridgehead atoms. The molecule has 0 aliphatic rings. The Balaban J connectivity index is 4.04. The molecule has 0 aromatic carbocycles. The molecule has 0 aliphatic heterocycles. The van der Waals surface area contributed by atoms with Gasteiger partial charge in [0.1, 0.15) is 0 Å². The molecule has 0 saturated carbocycles. The lowest BCUT2D eigenvalue weighted by atomic mass is 10.3. The molecule has 0 aromatic heterocycles. The summed E-state index contributed by atoms with van der Waals surface area (Å²) in [5, 5.41) is 8.82. The van der Waals surface area contributed by atoms with Crippen molar-refractivity contribution in [3.05, 3.63) is 0 Å². The van der Waals surface area contributed by atoms with Crippen LogP contribution in [0.25, 0.3) is 0 Å². The molecule has 0 aromatic rings. The van der Waals surface area contributed by atoms with Crippen molar-refractivity contribution in [1.29, 1.82) is 0 Å². The highest BCUT2D eigenvalue weighted by Gasteiger charge is 2.17. The van der Waals surface area contributed by atoms with E-state index in [0.29, 0.717) is 27.7 Å². The summed E-state index contributed by atoms with van der Waals surface area (Å²) < 4.78 is 11.2. The minimum absolute atomic E-state index is 0.0708. The molecule has 0 amide bonds. The number of carboxylic acids is 1. The van der Waals surface area contributed by atoms with Crippen LogP contribution in [0.2, 0.25) is 0 Å². The molecule has 1 N–H and O–H groups in total. The van der Waals surface area contributed by atoms with E-state index in [1.54, 1.807) is 0 Å². The first-order valence-electron chi connectivity index (χ1n) is 5.67. The minimum atomic E-state index is -0.830. The molecule has 20 heavy (non-hydrogen) atoms. The van der Waals surface area contributed by atoms with Crippen molar-refractivity contribution in [3.63, 3.8) is 0 Å². The van der Waals surface area contributed by atoms with Crippen molar-refractivity contribution >= 4 is 82.3 Å². The first-order valence-corrected chi connectivity index (χ1v) is 11.0. The van der Waals surface area contributed by atoms with Crippen molar-refractivity contribution in [1.82, 2.24) is 0 Å². The van der Waals surface area contributed by atoms with E-state index in [-0.39, 0.29) is 11.7 Å². The Bertz CT molecular complexity index is 325. The van der Waals surface area contributed by atoms with E-state index < -0.39 is 5.97 Å². The SMILES string of the molecule is CCOC(=S)SSCC(CC(=O)O)SSC(=S)OCC. The zero-order valence-corrected chi connectivity index (χ0v) is 15.9. The highest BCUT2D eigenvalue weighted by atomic mass is 33.1. The number of hydrogen-bond acceptors (Lipinski definition) is 9. The maximum Gasteiger partial charge on any atom is 0.304 e. The Kier molecular flexibility index (Phi) is 13.8. The second-order valence-electron chi connectivity index (χ2n) is 3.13. The van der Waals surface area contributed by atoms with Crippen LogP contribution in [0, 0.1) is 0 Å². The predicted molar refractivity (Wildman–Crippen MR) is 99.7 cm³/mol. The monoisotopic (exact) mass is 392 g/mol. The average Bonchev–Trinajstić information content (AvgIpc) is 2.36. The lowest BCUT2D eigenvalue weighted by Gasteiger charge is -2.13. The minimum Gasteiger partial charge on any atom is -0.481 e. The molecule has 0 saturated heterocycles. The van der Waals surface area contributed by atoms with Gasteiger partial charge in [0.05, 0.1) is 19.6 Å². The first-order chi connectivity index (χ1) is 9.49. The van der Waals surface area contributed by atoms with Gasteiger partial charge >= 0.3 is 5.97 Å². The lowest BCUT2D eigenvalue weighted by Crippen LogP contribution is -2.12. The van der Waals surface area contributed by atoms with E-state index in [9.17, 15) is 4.79 Å². The average molecular weight is 393 g/mol. The summed E-state index contributed by atoms with van der Waals surface area (Å²) in [6, 6.07) is 0. The third-order valence-corrected chi connectivity index (χ3v) is 7.78. The summed E-state index contributed by atoms with van der Waals surface area (Å²) >= 11 is 9.98. The van der Waals surface area contributed by atoms with E-state index >= 15 is 0 Å². The van der Waals surface area contributed by atoms with Crippen LogP contribution in [0.5, 0.6) is 0 Å². The Morgan fingerprint density at radius 1 is 1.15 bits per heavy atom. The van der Waals surface area contributed by atoms with Gasteiger partial charge in [-0.25, -0.2) is 0 Å². The highest BCUT2D eigenvalue weighted by molar-refractivity contribution is 8.85. The molecule has 4 nitrogen and oxygen atoms in total. The highest BCUT2D eigenvalue weighted by Crippen LogP contribution is 2.35. The summed E-state index contributed by atoms with van der Waals surface area (Å²) in [6.07, 6.45) is 0.0708. The molecular formula is C10H16O4S6. The number of carbonyl (C=O) groups is 1.